The summed E-state index contributed by atoms with van der Waals surface area (Å²) in [5, 5.41) is 12.0. The Hall–Kier alpha value is -2.40. The number of aliphatic imine (C=N–C) groups is 1. The van der Waals surface area contributed by atoms with Crippen molar-refractivity contribution in [1.29, 1.82) is 5.41 Å². The molecule has 1 fully saturated rings. The lowest BCUT2D eigenvalue weighted by atomic mass is 9.87. The number of dihydropyridines is 1. The molecule has 0 aromatic heterocycles. The molecule has 2 unspecified atom stereocenters. The molecule has 0 spiro atoms. The minimum absolute atomic E-state index is 0.00440. The summed E-state index contributed by atoms with van der Waals surface area (Å²) in [5.74, 6) is 1.06. The zero-order chi connectivity index (χ0) is 21.2. The van der Waals surface area contributed by atoms with Crippen molar-refractivity contribution in [3.05, 3.63) is 59.3 Å². The minimum Gasteiger partial charge on any atom is -0.385 e. The van der Waals surface area contributed by atoms with Crippen molar-refractivity contribution >= 4 is 11.5 Å². The van der Waals surface area contributed by atoms with Crippen molar-refractivity contribution in [1.82, 2.24) is 5.32 Å². The first kappa shape index (κ1) is 22.9. The largest absolute Gasteiger partial charge is 0.385 e. The maximum Gasteiger partial charge on any atom is 0.126 e. The fraction of sp³-hybridized carbons (Fsp3) is 0.500. The van der Waals surface area contributed by atoms with E-state index in [4.69, 9.17) is 15.9 Å². The Kier molecular flexibility index (Phi) is 9.13. The van der Waals surface area contributed by atoms with Crippen molar-refractivity contribution in [2.45, 2.75) is 46.6 Å². The summed E-state index contributed by atoms with van der Waals surface area (Å²) in [4.78, 5) is 4.65. The smallest absolute Gasteiger partial charge is 0.126 e. The van der Waals surface area contributed by atoms with Gasteiger partial charge in [-0.3, -0.25) is 4.99 Å². The van der Waals surface area contributed by atoms with Gasteiger partial charge in [0.25, 0.3) is 0 Å². The van der Waals surface area contributed by atoms with Gasteiger partial charge in [-0.05, 0) is 43.5 Å². The maximum absolute atomic E-state index is 8.78. The maximum atomic E-state index is 8.78. The van der Waals surface area contributed by atoms with Gasteiger partial charge >= 0.3 is 0 Å². The standard InChI is InChI=1S/C22H30N4O.C2H6/c1-15-13-18(7-10-25-15)16(2)21(23)19-5-3-4-6-20(19)22(24)26-14-17-8-11-27-12-9-17;1-2/h3-7,10,13,15-17,23,25H,8-9,11-12,14H2,1-2H3,(H2,24,26);1-2H3. The minimum atomic E-state index is -0.00440. The molecular weight excluding hydrogens is 360 g/mol. The van der Waals surface area contributed by atoms with E-state index in [2.05, 4.69) is 30.2 Å². The average Bonchev–Trinajstić information content (AvgIpc) is 2.78. The summed E-state index contributed by atoms with van der Waals surface area (Å²) in [7, 11) is 0. The summed E-state index contributed by atoms with van der Waals surface area (Å²) in [6.07, 6.45) is 8.25. The number of rotatable bonds is 6. The van der Waals surface area contributed by atoms with Crippen LogP contribution in [0.25, 0.3) is 0 Å². The average molecular weight is 397 g/mol. The molecule has 2 aliphatic heterocycles. The highest BCUT2D eigenvalue weighted by Crippen LogP contribution is 2.23. The Morgan fingerprint density at radius 3 is 2.55 bits per heavy atom. The first-order valence-corrected chi connectivity index (χ1v) is 10.8. The highest BCUT2D eigenvalue weighted by atomic mass is 16.5. The second-order valence-electron chi connectivity index (χ2n) is 7.42. The number of nitrogens with one attached hydrogen (secondary N) is 2. The van der Waals surface area contributed by atoms with Crippen LogP contribution < -0.4 is 11.1 Å². The number of nitrogens with zero attached hydrogens (tertiary/aromatic N) is 1. The van der Waals surface area contributed by atoms with Gasteiger partial charge < -0.3 is 21.2 Å². The number of amidine groups is 1. The summed E-state index contributed by atoms with van der Waals surface area (Å²) >= 11 is 0. The number of hydrogen-bond donors (Lipinski definition) is 3. The number of hydrogen-bond acceptors (Lipinski definition) is 4. The van der Waals surface area contributed by atoms with Gasteiger partial charge in [-0.1, -0.05) is 51.1 Å². The quantitative estimate of drug-likeness (QED) is 0.496. The summed E-state index contributed by atoms with van der Waals surface area (Å²) in [6, 6.07) is 8.14. The van der Waals surface area contributed by atoms with Gasteiger partial charge in [0.1, 0.15) is 5.84 Å². The number of nitrogens with two attached hydrogens (primary N) is 1. The number of benzene rings is 1. The summed E-state index contributed by atoms with van der Waals surface area (Å²) in [5.41, 5.74) is 9.77. The normalized spacial score (nSPS) is 20.8. The van der Waals surface area contributed by atoms with E-state index in [1.54, 1.807) is 0 Å². The molecule has 1 aromatic carbocycles. The summed E-state index contributed by atoms with van der Waals surface area (Å²) < 4.78 is 5.41. The van der Waals surface area contributed by atoms with Crippen LogP contribution in [0, 0.1) is 17.2 Å². The molecule has 3 rings (SSSR count). The van der Waals surface area contributed by atoms with Crippen LogP contribution in [0.5, 0.6) is 0 Å². The van der Waals surface area contributed by atoms with Crippen LogP contribution in [0.2, 0.25) is 0 Å². The number of ether oxygens (including phenoxy) is 1. The van der Waals surface area contributed by atoms with E-state index in [9.17, 15) is 0 Å². The van der Waals surface area contributed by atoms with Crippen molar-refractivity contribution in [3.63, 3.8) is 0 Å². The highest BCUT2D eigenvalue weighted by molar-refractivity contribution is 6.11. The molecule has 1 aromatic rings. The highest BCUT2D eigenvalue weighted by Gasteiger charge is 2.20. The SMILES string of the molecule is CC.CC1C=C(C(C)C(=N)c2ccccc2C(N)=NCC2CCOCC2)C=CN1. The first-order valence-electron chi connectivity index (χ1n) is 10.8. The Morgan fingerprint density at radius 2 is 1.90 bits per heavy atom. The Bertz CT molecular complexity index is 760. The van der Waals surface area contributed by atoms with E-state index in [0.717, 1.165) is 49.3 Å². The van der Waals surface area contributed by atoms with Crippen LogP contribution in [0.1, 0.15) is 51.7 Å². The molecule has 2 atom stereocenters. The van der Waals surface area contributed by atoms with Gasteiger partial charge in [-0.25, -0.2) is 0 Å². The van der Waals surface area contributed by atoms with Crippen molar-refractivity contribution in [2.75, 3.05) is 19.8 Å². The molecular formula is C24H36N4O. The van der Waals surface area contributed by atoms with E-state index in [1.807, 2.05) is 50.4 Å². The third-order valence-electron chi connectivity index (χ3n) is 5.36. The molecule has 0 aliphatic carbocycles. The van der Waals surface area contributed by atoms with E-state index < -0.39 is 0 Å². The summed E-state index contributed by atoms with van der Waals surface area (Å²) in [6.45, 7) is 10.5. The predicted octanol–water partition coefficient (Wildman–Crippen LogP) is 4.28. The van der Waals surface area contributed by atoms with E-state index in [1.165, 1.54) is 0 Å². The van der Waals surface area contributed by atoms with Gasteiger partial charge in [0.2, 0.25) is 0 Å². The second kappa shape index (κ2) is 11.6. The Morgan fingerprint density at radius 1 is 1.24 bits per heavy atom. The monoisotopic (exact) mass is 396 g/mol. The number of allylic oxidation sites excluding steroid dienone is 2. The van der Waals surface area contributed by atoms with Gasteiger partial charge in [-0.15, -0.1) is 0 Å². The van der Waals surface area contributed by atoms with Crippen LogP contribution in [-0.4, -0.2) is 37.3 Å². The fourth-order valence-corrected chi connectivity index (χ4v) is 3.56. The lowest BCUT2D eigenvalue weighted by molar-refractivity contribution is 0.0689. The molecule has 29 heavy (non-hydrogen) atoms. The van der Waals surface area contributed by atoms with E-state index in [-0.39, 0.29) is 12.0 Å². The zero-order valence-electron chi connectivity index (χ0n) is 18.2. The zero-order valence-corrected chi connectivity index (χ0v) is 18.2. The van der Waals surface area contributed by atoms with Crippen LogP contribution in [0.4, 0.5) is 0 Å². The van der Waals surface area contributed by atoms with Crippen molar-refractivity contribution < 1.29 is 4.74 Å². The van der Waals surface area contributed by atoms with Gasteiger partial charge in [0.05, 0.1) is 0 Å². The fourth-order valence-electron chi connectivity index (χ4n) is 3.56. The van der Waals surface area contributed by atoms with Gasteiger partial charge in [0, 0.05) is 48.6 Å². The van der Waals surface area contributed by atoms with Crippen molar-refractivity contribution in [3.8, 4) is 0 Å². The molecule has 5 nitrogen and oxygen atoms in total. The van der Waals surface area contributed by atoms with Crippen LogP contribution in [-0.2, 0) is 4.74 Å². The molecule has 1 saturated heterocycles. The van der Waals surface area contributed by atoms with Crippen LogP contribution in [0.15, 0.2) is 53.2 Å². The Labute approximate surface area is 175 Å². The molecule has 0 radical (unpaired) electrons. The lowest BCUT2D eigenvalue weighted by Gasteiger charge is -2.22. The van der Waals surface area contributed by atoms with Gasteiger partial charge in [-0.2, -0.15) is 0 Å². The van der Waals surface area contributed by atoms with E-state index in [0.29, 0.717) is 17.5 Å². The first-order chi connectivity index (χ1) is 14.1. The third-order valence-corrected chi connectivity index (χ3v) is 5.36. The molecule has 4 N–H and O–H groups in total. The molecule has 2 aliphatic rings. The predicted molar refractivity (Wildman–Crippen MR) is 123 cm³/mol. The second-order valence-corrected chi connectivity index (χ2v) is 7.42. The molecule has 158 valence electrons. The molecule has 2 heterocycles. The molecule has 5 heteroatoms. The topological polar surface area (TPSA) is 83.5 Å². The lowest BCUT2D eigenvalue weighted by Crippen LogP contribution is -2.26. The van der Waals surface area contributed by atoms with Crippen LogP contribution in [0.3, 0.4) is 0 Å². The Balaban J connectivity index is 0.00000145. The van der Waals surface area contributed by atoms with Gasteiger partial charge in [0.15, 0.2) is 0 Å². The third kappa shape index (κ3) is 6.29. The van der Waals surface area contributed by atoms with Crippen LogP contribution >= 0.6 is 0 Å². The van der Waals surface area contributed by atoms with E-state index >= 15 is 0 Å². The molecule has 0 saturated carbocycles. The van der Waals surface area contributed by atoms with Crippen molar-refractivity contribution in [2.24, 2.45) is 22.6 Å². The molecule has 0 bridgehead atoms. The molecule has 0 amide bonds.